The molecule has 0 spiro atoms. The second-order valence-corrected chi connectivity index (χ2v) is 5.74. The Bertz CT molecular complexity index is 482. The highest BCUT2D eigenvalue weighted by atomic mass is 16.6. The number of nitro groups is 1. The Morgan fingerprint density at radius 2 is 2.25 bits per heavy atom. The summed E-state index contributed by atoms with van der Waals surface area (Å²) in [5.74, 6) is 0. The predicted molar refractivity (Wildman–Crippen MR) is 81.3 cm³/mol. The minimum Gasteiger partial charge on any atom is -0.362 e. The lowest BCUT2D eigenvalue weighted by atomic mass is 10.1. The lowest BCUT2D eigenvalue weighted by Gasteiger charge is -2.32. The van der Waals surface area contributed by atoms with Crippen molar-refractivity contribution in [1.29, 1.82) is 0 Å². The zero-order chi connectivity index (χ0) is 14.7. The van der Waals surface area contributed by atoms with Crippen molar-refractivity contribution in [3.05, 3.63) is 33.9 Å². The van der Waals surface area contributed by atoms with E-state index >= 15 is 0 Å². The van der Waals surface area contributed by atoms with Gasteiger partial charge in [-0.05, 0) is 45.7 Å². The minimum absolute atomic E-state index is 0.205. The number of nitrogens with zero attached hydrogens (tertiary/aromatic N) is 2. The average Bonchev–Trinajstić information content (AvgIpc) is 2.88. The molecule has 1 heterocycles. The summed E-state index contributed by atoms with van der Waals surface area (Å²) in [6.45, 7) is 7.99. The van der Waals surface area contributed by atoms with E-state index in [0.717, 1.165) is 30.8 Å². The van der Waals surface area contributed by atoms with E-state index in [0.29, 0.717) is 6.04 Å². The largest absolute Gasteiger partial charge is 0.362 e. The Kier molecular flexibility index (Phi) is 4.60. The molecule has 1 saturated heterocycles. The fraction of sp³-hybridized carbons (Fsp3) is 0.600. The van der Waals surface area contributed by atoms with Crippen molar-refractivity contribution in [2.45, 2.75) is 45.7 Å². The van der Waals surface area contributed by atoms with E-state index in [-0.39, 0.29) is 16.7 Å². The van der Waals surface area contributed by atoms with Gasteiger partial charge in [0, 0.05) is 24.7 Å². The molecule has 1 aromatic rings. The van der Waals surface area contributed by atoms with Crippen LogP contribution in [-0.4, -0.2) is 30.1 Å². The van der Waals surface area contributed by atoms with Gasteiger partial charge in [0.05, 0.1) is 4.92 Å². The molecule has 1 fully saturated rings. The number of benzene rings is 1. The van der Waals surface area contributed by atoms with Crippen LogP contribution in [0.5, 0.6) is 0 Å². The van der Waals surface area contributed by atoms with Crippen molar-refractivity contribution in [3.63, 3.8) is 0 Å². The van der Waals surface area contributed by atoms with Crippen molar-refractivity contribution in [1.82, 2.24) is 5.32 Å². The molecule has 0 aliphatic carbocycles. The third-order valence-electron chi connectivity index (χ3n) is 3.90. The fourth-order valence-corrected chi connectivity index (χ4v) is 2.87. The SMILES string of the molecule is Cc1cccc([N+](=O)[O-])c1N(CC1CCCN1)C(C)C. The summed E-state index contributed by atoms with van der Waals surface area (Å²) in [5, 5.41) is 14.8. The van der Waals surface area contributed by atoms with Crippen LogP contribution in [0.4, 0.5) is 11.4 Å². The average molecular weight is 277 g/mol. The number of nitro benzene ring substituents is 1. The lowest BCUT2D eigenvalue weighted by molar-refractivity contribution is -0.384. The third kappa shape index (κ3) is 3.10. The van der Waals surface area contributed by atoms with Gasteiger partial charge < -0.3 is 10.2 Å². The molecule has 20 heavy (non-hydrogen) atoms. The van der Waals surface area contributed by atoms with Crippen LogP contribution in [0.1, 0.15) is 32.3 Å². The maximum absolute atomic E-state index is 11.3. The molecule has 2 rings (SSSR count). The van der Waals surface area contributed by atoms with Gasteiger partial charge in [0.1, 0.15) is 5.69 Å². The van der Waals surface area contributed by atoms with Gasteiger partial charge in [-0.15, -0.1) is 0 Å². The zero-order valence-electron chi connectivity index (χ0n) is 12.4. The minimum atomic E-state index is -0.278. The van der Waals surface area contributed by atoms with Gasteiger partial charge in [-0.3, -0.25) is 10.1 Å². The molecule has 1 aromatic carbocycles. The molecule has 1 aliphatic heterocycles. The molecule has 0 saturated carbocycles. The summed E-state index contributed by atoms with van der Waals surface area (Å²) < 4.78 is 0. The summed E-state index contributed by atoms with van der Waals surface area (Å²) in [4.78, 5) is 13.2. The van der Waals surface area contributed by atoms with Crippen LogP contribution in [0, 0.1) is 17.0 Å². The summed E-state index contributed by atoms with van der Waals surface area (Å²) in [6.07, 6.45) is 2.33. The summed E-state index contributed by atoms with van der Waals surface area (Å²) >= 11 is 0. The highest BCUT2D eigenvalue weighted by molar-refractivity contribution is 5.68. The summed E-state index contributed by atoms with van der Waals surface area (Å²) in [7, 11) is 0. The molecule has 0 aromatic heterocycles. The Labute approximate surface area is 120 Å². The van der Waals surface area contributed by atoms with E-state index in [1.54, 1.807) is 12.1 Å². The molecule has 1 aliphatic rings. The predicted octanol–water partition coefficient (Wildman–Crippen LogP) is 2.87. The molecule has 5 nitrogen and oxygen atoms in total. The van der Waals surface area contributed by atoms with Crippen LogP contribution in [0.3, 0.4) is 0 Å². The second kappa shape index (κ2) is 6.22. The van der Waals surface area contributed by atoms with E-state index in [4.69, 9.17) is 0 Å². The van der Waals surface area contributed by atoms with Crippen LogP contribution in [0.15, 0.2) is 18.2 Å². The van der Waals surface area contributed by atoms with Gasteiger partial charge in [-0.2, -0.15) is 0 Å². The molecule has 1 unspecified atom stereocenters. The standard InChI is InChI=1S/C15H23N3O2/c1-11(2)17(10-13-7-5-9-16-13)15-12(3)6-4-8-14(15)18(19)20/h4,6,8,11,13,16H,5,7,9-10H2,1-3H3. The van der Waals surface area contributed by atoms with Gasteiger partial charge in [-0.25, -0.2) is 0 Å². The van der Waals surface area contributed by atoms with Crippen molar-refractivity contribution >= 4 is 11.4 Å². The van der Waals surface area contributed by atoms with Gasteiger partial charge in [0.25, 0.3) is 5.69 Å². The first-order valence-corrected chi connectivity index (χ1v) is 7.24. The first-order valence-electron chi connectivity index (χ1n) is 7.24. The van der Waals surface area contributed by atoms with Crippen molar-refractivity contribution < 1.29 is 4.92 Å². The molecular formula is C15H23N3O2. The topological polar surface area (TPSA) is 58.4 Å². The van der Waals surface area contributed by atoms with Crippen LogP contribution >= 0.6 is 0 Å². The lowest BCUT2D eigenvalue weighted by Crippen LogP contribution is -2.42. The molecule has 5 heteroatoms. The van der Waals surface area contributed by atoms with Crippen molar-refractivity contribution in [2.75, 3.05) is 18.0 Å². The van der Waals surface area contributed by atoms with Crippen molar-refractivity contribution in [2.24, 2.45) is 0 Å². The monoisotopic (exact) mass is 277 g/mol. The number of aryl methyl sites for hydroxylation is 1. The van der Waals surface area contributed by atoms with Gasteiger partial charge in [0.15, 0.2) is 0 Å². The normalized spacial score (nSPS) is 18.5. The first kappa shape index (κ1) is 14.8. The highest BCUT2D eigenvalue weighted by Gasteiger charge is 2.26. The Balaban J connectivity index is 2.35. The van der Waals surface area contributed by atoms with E-state index in [1.165, 1.54) is 6.42 Å². The number of anilines is 1. The molecule has 1 atom stereocenters. The van der Waals surface area contributed by atoms with Gasteiger partial charge in [-0.1, -0.05) is 12.1 Å². The molecule has 110 valence electrons. The van der Waals surface area contributed by atoms with E-state index in [1.807, 2.05) is 13.0 Å². The molecular weight excluding hydrogens is 254 g/mol. The van der Waals surface area contributed by atoms with Crippen LogP contribution < -0.4 is 10.2 Å². The quantitative estimate of drug-likeness (QED) is 0.664. The zero-order valence-corrected chi connectivity index (χ0v) is 12.4. The summed E-state index contributed by atoms with van der Waals surface area (Å²) in [6, 6.07) is 5.96. The smallest absolute Gasteiger partial charge is 0.292 e. The maximum Gasteiger partial charge on any atom is 0.292 e. The third-order valence-corrected chi connectivity index (χ3v) is 3.90. The number of rotatable bonds is 5. The Hall–Kier alpha value is -1.62. The highest BCUT2D eigenvalue weighted by Crippen LogP contribution is 2.33. The van der Waals surface area contributed by atoms with Crippen LogP contribution in [0.2, 0.25) is 0 Å². The molecule has 0 bridgehead atoms. The van der Waals surface area contributed by atoms with Gasteiger partial charge >= 0.3 is 0 Å². The number of hydrogen-bond donors (Lipinski definition) is 1. The maximum atomic E-state index is 11.3. The van der Waals surface area contributed by atoms with Crippen molar-refractivity contribution in [3.8, 4) is 0 Å². The number of hydrogen-bond acceptors (Lipinski definition) is 4. The molecule has 1 N–H and O–H groups in total. The van der Waals surface area contributed by atoms with E-state index < -0.39 is 0 Å². The van der Waals surface area contributed by atoms with E-state index in [9.17, 15) is 10.1 Å². The molecule has 0 amide bonds. The number of para-hydroxylation sites is 1. The Morgan fingerprint density at radius 1 is 1.50 bits per heavy atom. The van der Waals surface area contributed by atoms with Crippen LogP contribution in [-0.2, 0) is 0 Å². The first-order chi connectivity index (χ1) is 9.50. The Morgan fingerprint density at radius 3 is 2.80 bits per heavy atom. The van der Waals surface area contributed by atoms with E-state index in [2.05, 4.69) is 24.1 Å². The summed E-state index contributed by atoms with van der Waals surface area (Å²) in [5.41, 5.74) is 1.93. The number of nitrogens with one attached hydrogen (secondary N) is 1. The second-order valence-electron chi connectivity index (χ2n) is 5.74. The van der Waals surface area contributed by atoms with Gasteiger partial charge in [0.2, 0.25) is 0 Å². The van der Waals surface area contributed by atoms with Crippen LogP contribution in [0.25, 0.3) is 0 Å². The fourth-order valence-electron chi connectivity index (χ4n) is 2.87. The molecule has 0 radical (unpaired) electrons.